The van der Waals surface area contributed by atoms with Gasteiger partial charge in [0, 0.05) is 68.9 Å². The van der Waals surface area contributed by atoms with E-state index < -0.39 is 0 Å². The van der Waals surface area contributed by atoms with Gasteiger partial charge in [0.05, 0.1) is 0 Å². The first kappa shape index (κ1) is 12.2. The van der Waals surface area contributed by atoms with Crippen molar-refractivity contribution in [3.05, 3.63) is 0 Å². The van der Waals surface area contributed by atoms with Crippen molar-refractivity contribution in [1.82, 2.24) is 0 Å². The Kier molecular flexibility index (Phi) is 8.12. The van der Waals surface area contributed by atoms with Gasteiger partial charge < -0.3 is 4.74 Å². The van der Waals surface area contributed by atoms with Crippen molar-refractivity contribution >= 4 is 75.4 Å². The Balaban J connectivity index is 0. The summed E-state index contributed by atoms with van der Waals surface area (Å²) in [5.74, 6) is 0. The van der Waals surface area contributed by atoms with Crippen LogP contribution in [-0.2, 0) is 9.53 Å². The third-order valence-electron chi connectivity index (χ3n) is 0.402. The summed E-state index contributed by atoms with van der Waals surface area (Å²) in [6.07, 6.45) is 0. The van der Waals surface area contributed by atoms with Gasteiger partial charge in [0.15, 0.2) is 0 Å². The Morgan fingerprint density at radius 1 is 1.38 bits per heavy atom. The number of carbonyl (C=O) groups excluding carboxylic acids is 1. The van der Waals surface area contributed by atoms with E-state index in [-0.39, 0.29) is 74.5 Å². The fourth-order valence-electron chi connectivity index (χ4n) is 0.144. The molecule has 0 amide bonds. The van der Waals surface area contributed by atoms with Gasteiger partial charge in [0.2, 0.25) is 0 Å². The molecule has 2 nitrogen and oxygen atoms in total. The van der Waals surface area contributed by atoms with Gasteiger partial charge in [0.25, 0.3) is 6.47 Å². The normalized spacial score (nSPS) is 9.38. The summed E-state index contributed by atoms with van der Waals surface area (Å²) in [6, 6.07) is 0. The van der Waals surface area contributed by atoms with E-state index in [0.717, 1.165) is 0 Å². The maximum atomic E-state index is 9.60. The van der Waals surface area contributed by atoms with Crippen LogP contribution in [-0.4, -0.2) is 81.0 Å². The second kappa shape index (κ2) is 5.32. The Hall–Kier alpha value is 1.52. The number of rotatable bonds is 1. The van der Waals surface area contributed by atoms with Crippen LogP contribution in [0.3, 0.4) is 0 Å². The first-order valence-corrected chi connectivity index (χ1v) is 2.18. The zero-order valence-corrected chi connectivity index (χ0v) is 12.2. The van der Waals surface area contributed by atoms with Crippen LogP contribution in [0.2, 0.25) is 0 Å². The average Bonchev–Trinajstić information content (AvgIpc) is 1.30. The molecule has 0 rings (SSSR count). The van der Waals surface area contributed by atoms with Crippen LogP contribution < -0.4 is 0 Å². The van der Waals surface area contributed by atoms with Gasteiger partial charge in [-0.1, -0.05) is 0 Å². The van der Waals surface area contributed by atoms with Gasteiger partial charge in [0.1, 0.15) is 5.60 Å². The van der Waals surface area contributed by atoms with Crippen molar-refractivity contribution in [2.24, 2.45) is 0 Å². The number of ether oxygens (including phenoxy) is 1. The first-order valence-electron chi connectivity index (χ1n) is 2.18. The number of hydrogen-bond donors (Lipinski definition) is 0. The molecule has 0 atom stereocenters. The molecule has 0 aliphatic heterocycles. The standard InChI is InChI=1S/C5H10O2.Cs/c1-5(2,3)7-4-6;/h4H,1-3H3;. The predicted octanol–water partition coefficient (Wildman–Crippen LogP) is 0.577. The molecule has 0 aromatic heterocycles. The van der Waals surface area contributed by atoms with Gasteiger partial charge in [-0.25, -0.2) is 0 Å². The largest absolute Gasteiger partial charge is 0.462 e. The van der Waals surface area contributed by atoms with Gasteiger partial charge in [-0.05, 0) is 20.8 Å². The predicted molar refractivity (Wildman–Crippen MR) is 32.7 cm³/mol. The summed E-state index contributed by atoms with van der Waals surface area (Å²) in [7, 11) is 0. The summed E-state index contributed by atoms with van der Waals surface area (Å²) < 4.78 is 4.55. The topological polar surface area (TPSA) is 26.3 Å². The Bertz CT molecular complexity index is 65.3. The number of hydrogen-bond acceptors (Lipinski definition) is 2. The van der Waals surface area contributed by atoms with E-state index in [1.807, 2.05) is 20.8 Å². The Morgan fingerprint density at radius 2 is 1.75 bits per heavy atom. The minimum absolute atomic E-state index is 0. The van der Waals surface area contributed by atoms with Crippen molar-refractivity contribution in [2.75, 3.05) is 0 Å². The molecule has 43 valence electrons. The molecular formula is C5H10CsO2. The van der Waals surface area contributed by atoms with Crippen LogP contribution in [0.5, 0.6) is 0 Å². The average molecular weight is 235 g/mol. The van der Waals surface area contributed by atoms with Gasteiger partial charge in [-0.15, -0.1) is 0 Å². The van der Waals surface area contributed by atoms with E-state index in [1.165, 1.54) is 0 Å². The SMILES string of the molecule is CC(C)(C)OC=O.[Cs]. The number of carbonyl (C=O) groups is 1. The third kappa shape index (κ3) is 10.5. The van der Waals surface area contributed by atoms with E-state index in [9.17, 15) is 4.79 Å². The quantitative estimate of drug-likeness (QED) is 0.621. The van der Waals surface area contributed by atoms with Gasteiger partial charge in [-0.3, -0.25) is 4.79 Å². The van der Waals surface area contributed by atoms with Crippen LogP contribution in [0.25, 0.3) is 0 Å². The van der Waals surface area contributed by atoms with E-state index in [4.69, 9.17) is 0 Å². The molecular weight excluding hydrogens is 225 g/mol. The molecule has 8 heavy (non-hydrogen) atoms. The molecule has 0 bridgehead atoms. The third-order valence-corrected chi connectivity index (χ3v) is 0.402. The molecule has 0 aliphatic carbocycles. The second-order valence-electron chi connectivity index (χ2n) is 2.33. The molecule has 0 heterocycles. The smallest absolute Gasteiger partial charge is 0.293 e. The van der Waals surface area contributed by atoms with Crippen LogP contribution in [0.1, 0.15) is 20.8 Å². The molecule has 0 unspecified atom stereocenters. The van der Waals surface area contributed by atoms with Crippen molar-refractivity contribution in [3.63, 3.8) is 0 Å². The molecule has 0 aromatic carbocycles. The van der Waals surface area contributed by atoms with Crippen molar-refractivity contribution in [1.29, 1.82) is 0 Å². The van der Waals surface area contributed by atoms with E-state index in [0.29, 0.717) is 6.47 Å². The van der Waals surface area contributed by atoms with Crippen LogP contribution >= 0.6 is 0 Å². The van der Waals surface area contributed by atoms with Gasteiger partial charge >= 0.3 is 0 Å². The summed E-state index contributed by atoms with van der Waals surface area (Å²) in [5.41, 5.74) is -0.318. The van der Waals surface area contributed by atoms with Crippen molar-refractivity contribution in [2.45, 2.75) is 26.4 Å². The monoisotopic (exact) mass is 235 g/mol. The minimum atomic E-state index is -0.318. The molecule has 0 aromatic rings. The molecule has 0 N–H and O–H groups in total. The summed E-state index contributed by atoms with van der Waals surface area (Å²) >= 11 is 0. The summed E-state index contributed by atoms with van der Waals surface area (Å²) in [5, 5.41) is 0. The summed E-state index contributed by atoms with van der Waals surface area (Å²) in [4.78, 5) is 9.60. The van der Waals surface area contributed by atoms with E-state index >= 15 is 0 Å². The maximum Gasteiger partial charge on any atom is 0.293 e. The molecule has 0 saturated carbocycles. The molecule has 3 heteroatoms. The van der Waals surface area contributed by atoms with Crippen LogP contribution in [0, 0.1) is 0 Å². The molecule has 0 saturated heterocycles. The van der Waals surface area contributed by atoms with Crippen LogP contribution in [0.15, 0.2) is 0 Å². The molecule has 0 fully saturated rings. The van der Waals surface area contributed by atoms with Crippen molar-refractivity contribution < 1.29 is 9.53 Å². The van der Waals surface area contributed by atoms with Crippen LogP contribution in [0.4, 0.5) is 0 Å². The van der Waals surface area contributed by atoms with E-state index in [1.54, 1.807) is 0 Å². The fraction of sp³-hybridized carbons (Fsp3) is 0.800. The fourth-order valence-corrected chi connectivity index (χ4v) is 0.144. The zero-order chi connectivity index (χ0) is 5.91. The molecule has 0 spiro atoms. The molecule has 1 radical (unpaired) electrons. The minimum Gasteiger partial charge on any atom is -0.462 e. The second-order valence-corrected chi connectivity index (χ2v) is 2.33. The first-order chi connectivity index (χ1) is 3.06. The Labute approximate surface area is 109 Å². The van der Waals surface area contributed by atoms with E-state index in [2.05, 4.69) is 4.74 Å². The van der Waals surface area contributed by atoms with Gasteiger partial charge in [-0.2, -0.15) is 0 Å². The maximum absolute atomic E-state index is 9.60. The molecule has 0 aliphatic rings. The summed E-state index contributed by atoms with van der Waals surface area (Å²) in [6.45, 7) is 5.92. The Morgan fingerprint density at radius 3 is 1.75 bits per heavy atom. The zero-order valence-electron chi connectivity index (χ0n) is 5.89. The van der Waals surface area contributed by atoms with Crippen molar-refractivity contribution in [3.8, 4) is 0 Å².